The normalized spacial score (nSPS) is 9.62. The smallest absolute Gasteiger partial charge is 0.310 e. The number of thiol groups is 1. The number of nitrogens with zero attached hydrogens (tertiary/aromatic N) is 1. The molecule has 1 aromatic rings. The van der Waals surface area contributed by atoms with Gasteiger partial charge in [0, 0.05) is 4.90 Å². The fourth-order valence-corrected chi connectivity index (χ4v) is 1.72. The number of benzene rings is 1. The van der Waals surface area contributed by atoms with Crippen LogP contribution < -0.4 is 0 Å². The molecule has 4 heteroatoms. The molecule has 0 unspecified atom stereocenters. The quantitative estimate of drug-likeness (QED) is 0.645. The highest BCUT2D eigenvalue weighted by atomic mass is 32.1. The third kappa shape index (κ3) is 2.77. The first kappa shape index (κ1) is 12.6. The van der Waals surface area contributed by atoms with Crippen molar-refractivity contribution in [3.63, 3.8) is 0 Å². The Morgan fingerprint density at radius 2 is 2.19 bits per heavy atom. The summed E-state index contributed by atoms with van der Waals surface area (Å²) in [7, 11) is 1.35. The number of hydrogen-bond acceptors (Lipinski definition) is 4. The van der Waals surface area contributed by atoms with Gasteiger partial charge in [0.05, 0.1) is 25.2 Å². The average Bonchev–Trinajstić information content (AvgIpc) is 2.30. The summed E-state index contributed by atoms with van der Waals surface area (Å²) in [5.41, 5.74) is 2.34. The van der Waals surface area contributed by atoms with Crippen molar-refractivity contribution < 1.29 is 9.53 Å². The van der Waals surface area contributed by atoms with Gasteiger partial charge in [0.25, 0.3) is 0 Å². The highest BCUT2D eigenvalue weighted by Gasteiger charge is 2.10. The molecule has 0 bridgehead atoms. The summed E-state index contributed by atoms with van der Waals surface area (Å²) in [6.07, 6.45) is 0.944. The molecular weight excluding hydrogens is 222 g/mol. The van der Waals surface area contributed by atoms with Crippen LogP contribution in [-0.4, -0.2) is 13.1 Å². The zero-order valence-corrected chi connectivity index (χ0v) is 10.2. The fraction of sp³-hybridized carbons (Fsp3) is 0.333. The van der Waals surface area contributed by atoms with Gasteiger partial charge in [0.1, 0.15) is 0 Å². The van der Waals surface area contributed by atoms with Crippen LogP contribution in [0.5, 0.6) is 0 Å². The largest absolute Gasteiger partial charge is 0.469 e. The monoisotopic (exact) mass is 235 g/mol. The first-order valence-corrected chi connectivity index (χ1v) is 5.38. The van der Waals surface area contributed by atoms with Crippen LogP contribution in [0.1, 0.15) is 23.6 Å². The van der Waals surface area contributed by atoms with E-state index in [4.69, 9.17) is 5.26 Å². The van der Waals surface area contributed by atoms with Crippen molar-refractivity contribution in [3.8, 4) is 6.07 Å². The second kappa shape index (κ2) is 5.57. The molecule has 84 valence electrons. The molecule has 3 nitrogen and oxygen atoms in total. The second-order valence-electron chi connectivity index (χ2n) is 3.36. The minimum Gasteiger partial charge on any atom is -0.469 e. The van der Waals surface area contributed by atoms with E-state index in [2.05, 4.69) is 23.4 Å². The number of carbonyl (C=O) groups is 1. The molecule has 0 atom stereocenters. The summed E-state index contributed by atoms with van der Waals surface area (Å²) in [6, 6.07) is 5.66. The topological polar surface area (TPSA) is 50.1 Å². The number of aryl methyl sites for hydroxylation is 1. The van der Waals surface area contributed by atoms with Gasteiger partial charge >= 0.3 is 5.97 Å². The molecule has 0 aromatic heterocycles. The molecule has 0 amide bonds. The summed E-state index contributed by atoms with van der Waals surface area (Å²) in [5, 5.41) is 8.92. The number of hydrogen-bond donors (Lipinski definition) is 1. The molecule has 16 heavy (non-hydrogen) atoms. The first-order valence-electron chi connectivity index (χ1n) is 4.94. The number of nitriles is 1. The molecule has 0 aliphatic heterocycles. The van der Waals surface area contributed by atoms with E-state index in [1.807, 2.05) is 13.0 Å². The van der Waals surface area contributed by atoms with E-state index in [1.54, 1.807) is 6.07 Å². The Balaban J connectivity index is 3.12. The predicted molar refractivity (Wildman–Crippen MR) is 63.5 cm³/mol. The predicted octanol–water partition coefficient (Wildman–Crippen LogP) is 2.12. The van der Waals surface area contributed by atoms with Gasteiger partial charge in [-0.25, -0.2) is 0 Å². The highest BCUT2D eigenvalue weighted by molar-refractivity contribution is 7.80. The van der Waals surface area contributed by atoms with Gasteiger partial charge in [-0.15, -0.1) is 12.6 Å². The number of rotatable bonds is 3. The maximum atomic E-state index is 11.2. The minimum absolute atomic E-state index is 0.189. The molecule has 1 rings (SSSR count). The molecule has 0 saturated carbocycles. The van der Waals surface area contributed by atoms with Gasteiger partial charge in [-0.05, 0) is 23.6 Å². The summed E-state index contributed by atoms with van der Waals surface area (Å²) in [5.74, 6) is -0.304. The highest BCUT2D eigenvalue weighted by Crippen LogP contribution is 2.21. The average molecular weight is 235 g/mol. The third-order valence-electron chi connectivity index (χ3n) is 2.37. The molecule has 0 radical (unpaired) electrons. The van der Waals surface area contributed by atoms with Crippen LogP contribution in [-0.2, 0) is 22.4 Å². The van der Waals surface area contributed by atoms with Gasteiger partial charge in [0.2, 0.25) is 0 Å². The molecule has 0 aliphatic rings. The number of ether oxygens (including phenoxy) is 1. The summed E-state index contributed by atoms with van der Waals surface area (Å²) in [4.78, 5) is 11.8. The van der Waals surface area contributed by atoms with Crippen LogP contribution in [0.15, 0.2) is 17.0 Å². The molecule has 0 fully saturated rings. The second-order valence-corrected chi connectivity index (χ2v) is 3.84. The van der Waals surface area contributed by atoms with Crippen LogP contribution >= 0.6 is 12.6 Å². The third-order valence-corrected chi connectivity index (χ3v) is 2.78. The maximum absolute atomic E-state index is 11.2. The summed E-state index contributed by atoms with van der Waals surface area (Å²) in [6.45, 7) is 1.97. The molecule has 0 saturated heterocycles. The lowest BCUT2D eigenvalue weighted by molar-refractivity contribution is -0.139. The number of carbonyl (C=O) groups excluding carboxylic acids is 1. The summed E-state index contributed by atoms with van der Waals surface area (Å²) >= 11 is 4.26. The van der Waals surface area contributed by atoms with E-state index >= 15 is 0 Å². The Labute approximate surface area is 100 Å². The SMILES string of the molecule is CCc1cc(CC(=O)OC)c(S)cc1C#N. The lowest BCUT2D eigenvalue weighted by Crippen LogP contribution is -2.06. The lowest BCUT2D eigenvalue weighted by atomic mass is 10.0. The molecule has 0 N–H and O–H groups in total. The Hall–Kier alpha value is -1.47. The van der Waals surface area contributed by atoms with Crippen LogP contribution in [0, 0.1) is 11.3 Å². The van der Waals surface area contributed by atoms with Crippen molar-refractivity contribution >= 4 is 18.6 Å². The molecular formula is C12H13NO2S. The van der Waals surface area contributed by atoms with E-state index in [0.717, 1.165) is 17.5 Å². The van der Waals surface area contributed by atoms with Gasteiger partial charge in [-0.1, -0.05) is 13.0 Å². The van der Waals surface area contributed by atoms with Crippen molar-refractivity contribution in [2.24, 2.45) is 0 Å². The Kier molecular flexibility index (Phi) is 4.39. The minimum atomic E-state index is -0.304. The van der Waals surface area contributed by atoms with E-state index in [-0.39, 0.29) is 12.4 Å². The van der Waals surface area contributed by atoms with Crippen LogP contribution in [0.3, 0.4) is 0 Å². The van der Waals surface area contributed by atoms with E-state index < -0.39 is 0 Å². The molecule has 0 heterocycles. The number of methoxy groups -OCH3 is 1. The maximum Gasteiger partial charge on any atom is 0.310 e. The van der Waals surface area contributed by atoms with Crippen LogP contribution in [0.4, 0.5) is 0 Å². The standard InChI is InChI=1S/C12H13NO2S/c1-3-8-4-9(6-12(14)15-2)11(16)5-10(8)7-13/h4-5,16H,3,6H2,1-2H3. The van der Waals surface area contributed by atoms with Crippen molar-refractivity contribution in [1.29, 1.82) is 5.26 Å². The van der Waals surface area contributed by atoms with Crippen LogP contribution in [0.2, 0.25) is 0 Å². The van der Waals surface area contributed by atoms with Crippen molar-refractivity contribution in [1.82, 2.24) is 0 Å². The van der Waals surface area contributed by atoms with Crippen molar-refractivity contribution in [2.45, 2.75) is 24.7 Å². The van der Waals surface area contributed by atoms with Crippen molar-refractivity contribution in [3.05, 3.63) is 28.8 Å². The van der Waals surface area contributed by atoms with Gasteiger partial charge in [0.15, 0.2) is 0 Å². The van der Waals surface area contributed by atoms with Gasteiger partial charge in [-0.2, -0.15) is 5.26 Å². The van der Waals surface area contributed by atoms with Crippen molar-refractivity contribution in [2.75, 3.05) is 7.11 Å². The van der Waals surface area contributed by atoms with E-state index in [9.17, 15) is 4.79 Å². The summed E-state index contributed by atoms with van der Waals surface area (Å²) < 4.78 is 4.60. The lowest BCUT2D eigenvalue weighted by Gasteiger charge is -2.08. The Bertz CT molecular complexity index is 449. The zero-order chi connectivity index (χ0) is 12.1. The molecule has 0 aliphatic carbocycles. The number of esters is 1. The Morgan fingerprint density at radius 3 is 2.69 bits per heavy atom. The Morgan fingerprint density at radius 1 is 1.50 bits per heavy atom. The molecule has 1 aromatic carbocycles. The fourth-order valence-electron chi connectivity index (χ4n) is 1.45. The zero-order valence-electron chi connectivity index (χ0n) is 9.28. The first-order chi connectivity index (χ1) is 7.62. The van der Waals surface area contributed by atoms with E-state index in [1.165, 1.54) is 7.11 Å². The van der Waals surface area contributed by atoms with Gasteiger partial charge in [-0.3, -0.25) is 4.79 Å². The molecule has 0 spiro atoms. The van der Waals surface area contributed by atoms with E-state index in [0.29, 0.717) is 10.5 Å². The van der Waals surface area contributed by atoms with Gasteiger partial charge < -0.3 is 4.74 Å². The van der Waals surface area contributed by atoms with Crippen LogP contribution in [0.25, 0.3) is 0 Å².